The first-order chi connectivity index (χ1) is 8.54. The number of allylic oxidation sites excluding steroid dienone is 1. The lowest BCUT2D eigenvalue weighted by Gasteiger charge is -2.22. The van der Waals surface area contributed by atoms with Gasteiger partial charge in [0, 0.05) is 0 Å². The standard InChI is InChI=1S/C14H16F3N/c1-18-13(10-6-2-3-7-10)11-8-4-5-9-12(11)14(15,16)17/h4-6,8-9,13,18H,2-3,7H2,1H3. The first-order valence-electron chi connectivity index (χ1n) is 6.06. The van der Waals surface area contributed by atoms with Crippen molar-refractivity contribution in [2.45, 2.75) is 31.5 Å². The number of alkyl halides is 3. The lowest BCUT2D eigenvalue weighted by atomic mass is 9.93. The van der Waals surface area contributed by atoms with Crippen molar-refractivity contribution in [2.75, 3.05) is 7.05 Å². The van der Waals surface area contributed by atoms with Gasteiger partial charge in [-0.2, -0.15) is 13.2 Å². The summed E-state index contributed by atoms with van der Waals surface area (Å²) >= 11 is 0. The van der Waals surface area contributed by atoms with E-state index >= 15 is 0 Å². The smallest absolute Gasteiger partial charge is 0.310 e. The van der Waals surface area contributed by atoms with Crippen molar-refractivity contribution in [1.82, 2.24) is 5.32 Å². The van der Waals surface area contributed by atoms with Gasteiger partial charge < -0.3 is 5.32 Å². The van der Waals surface area contributed by atoms with E-state index in [1.807, 2.05) is 6.08 Å². The van der Waals surface area contributed by atoms with Crippen LogP contribution in [0.15, 0.2) is 35.9 Å². The molecule has 18 heavy (non-hydrogen) atoms. The highest BCUT2D eigenvalue weighted by Gasteiger charge is 2.35. The van der Waals surface area contributed by atoms with Gasteiger partial charge in [0.25, 0.3) is 0 Å². The van der Waals surface area contributed by atoms with Crippen LogP contribution in [0.25, 0.3) is 0 Å². The Morgan fingerprint density at radius 1 is 1.22 bits per heavy atom. The maximum absolute atomic E-state index is 13.0. The minimum Gasteiger partial charge on any atom is -0.310 e. The van der Waals surface area contributed by atoms with Gasteiger partial charge in [0.2, 0.25) is 0 Å². The molecule has 1 aliphatic rings. The van der Waals surface area contributed by atoms with Gasteiger partial charge in [-0.15, -0.1) is 0 Å². The number of likely N-dealkylation sites (N-methyl/N-ethyl adjacent to an activating group) is 1. The number of rotatable bonds is 3. The van der Waals surface area contributed by atoms with Gasteiger partial charge in [-0.25, -0.2) is 0 Å². The Hall–Kier alpha value is -1.29. The monoisotopic (exact) mass is 255 g/mol. The Bertz CT molecular complexity index is 449. The zero-order valence-corrected chi connectivity index (χ0v) is 10.2. The maximum Gasteiger partial charge on any atom is 0.416 e. The molecule has 0 radical (unpaired) electrons. The fourth-order valence-electron chi connectivity index (χ4n) is 2.51. The Morgan fingerprint density at radius 2 is 1.94 bits per heavy atom. The van der Waals surface area contributed by atoms with Crippen molar-refractivity contribution in [3.05, 3.63) is 47.0 Å². The third-order valence-corrected chi connectivity index (χ3v) is 3.31. The molecule has 0 aliphatic heterocycles. The molecule has 1 aliphatic carbocycles. The average molecular weight is 255 g/mol. The van der Waals surface area contributed by atoms with Crippen molar-refractivity contribution >= 4 is 0 Å². The van der Waals surface area contributed by atoms with Gasteiger partial charge in [0.05, 0.1) is 11.6 Å². The lowest BCUT2D eigenvalue weighted by Crippen LogP contribution is -2.22. The minimum atomic E-state index is -4.30. The van der Waals surface area contributed by atoms with Crippen LogP contribution in [0.5, 0.6) is 0 Å². The molecule has 0 amide bonds. The summed E-state index contributed by atoms with van der Waals surface area (Å²) in [5.74, 6) is 0. The number of hydrogen-bond donors (Lipinski definition) is 1. The molecule has 1 aromatic carbocycles. The van der Waals surface area contributed by atoms with Gasteiger partial charge in [0.15, 0.2) is 0 Å². The molecule has 0 saturated carbocycles. The van der Waals surface area contributed by atoms with E-state index in [1.54, 1.807) is 19.2 Å². The van der Waals surface area contributed by atoms with Crippen molar-refractivity contribution in [3.63, 3.8) is 0 Å². The van der Waals surface area contributed by atoms with Crippen molar-refractivity contribution in [3.8, 4) is 0 Å². The molecule has 1 unspecified atom stereocenters. The zero-order valence-electron chi connectivity index (χ0n) is 10.2. The molecular formula is C14H16F3N. The summed E-state index contributed by atoms with van der Waals surface area (Å²) in [6, 6.07) is 5.47. The van der Waals surface area contributed by atoms with Crippen LogP contribution in [0, 0.1) is 0 Å². The number of benzene rings is 1. The molecule has 0 aromatic heterocycles. The van der Waals surface area contributed by atoms with Gasteiger partial charge in [0.1, 0.15) is 0 Å². The van der Waals surface area contributed by atoms with Crippen LogP contribution in [-0.4, -0.2) is 7.05 Å². The molecule has 1 atom stereocenters. The second kappa shape index (κ2) is 5.14. The van der Waals surface area contributed by atoms with Crippen LogP contribution in [-0.2, 0) is 6.18 Å². The normalized spacial score (nSPS) is 17.7. The Balaban J connectivity index is 2.42. The predicted octanol–water partition coefficient (Wildman–Crippen LogP) is 4.08. The molecule has 0 bridgehead atoms. The molecule has 1 aromatic rings. The van der Waals surface area contributed by atoms with Gasteiger partial charge >= 0.3 is 6.18 Å². The third kappa shape index (κ3) is 2.58. The Kier molecular flexibility index (Phi) is 3.76. The molecule has 0 saturated heterocycles. The molecule has 0 fully saturated rings. The zero-order chi connectivity index (χ0) is 13.2. The first kappa shape index (κ1) is 13.1. The Labute approximate surface area is 105 Å². The largest absolute Gasteiger partial charge is 0.416 e. The van der Waals surface area contributed by atoms with Crippen LogP contribution in [0.2, 0.25) is 0 Å². The van der Waals surface area contributed by atoms with Crippen LogP contribution in [0.1, 0.15) is 36.4 Å². The molecule has 2 rings (SSSR count). The van der Waals surface area contributed by atoms with E-state index in [-0.39, 0.29) is 6.04 Å². The van der Waals surface area contributed by atoms with Crippen molar-refractivity contribution in [2.24, 2.45) is 0 Å². The SMILES string of the molecule is CNC(C1=CCCC1)c1ccccc1C(F)(F)F. The number of hydrogen-bond acceptors (Lipinski definition) is 1. The average Bonchev–Trinajstić information content (AvgIpc) is 2.83. The number of halogens is 3. The molecule has 1 N–H and O–H groups in total. The van der Waals surface area contributed by atoms with E-state index in [4.69, 9.17) is 0 Å². The second-order valence-electron chi connectivity index (χ2n) is 4.48. The van der Waals surface area contributed by atoms with Crippen molar-refractivity contribution < 1.29 is 13.2 Å². The van der Waals surface area contributed by atoms with Crippen LogP contribution in [0.4, 0.5) is 13.2 Å². The van der Waals surface area contributed by atoms with Gasteiger partial charge in [-0.3, -0.25) is 0 Å². The molecule has 0 spiro atoms. The summed E-state index contributed by atoms with van der Waals surface area (Å²) in [4.78, 5) is 0. The van der Waals surface area contributed by atoms with Crippen LogP contribution in [0.3, 0.4) is 0 Å². The van der Waals surface area contributed by atoms with Crippen molar-refractivity contribution in [1.29, 1.82) is 0 Å². The molecule has 0 heterocycles. The van der Waals surface area contributed by atoms with E-state index in [0.717, 1.165) is 30.9 Å². The summed E-state index contributed by atoms with van der Waals surface area (Å²) in [6.07, 6.45) is 0.611. The molecule has 98 valence electrons. The van der Waals surface area contributed by atoms with Crippen LogP contribution < -0.4 is 5.32 Å². The van der Waals surface area contributed by atoms with Crippen LogP contribution >= 0.6 is 0 Å². The maximum atomic E-state index is 13.0. The second-order valence-corrected chi connectivity index (χ2v) is 4.48. The fourth-order valence-corrected chi connectivity index (χ4v) is 2.51. The molecule has 4 heteroatoms. The van der Waals surface area contributed by atoms with E-state index in [0.29, 0.717) is 5.56 Å². The molecular weight excluding hydrogens is 239 g/mol. The quantitative estimate of drug-likeness (QED) is 0.802. The highest BCUT2D eigenvalue weighted by atomic mass is 19.4. The van der Waals surface area contributed by atoms with E-state index < -0.39 is 11.7 Å². The molecule has 1 nitrogen and oxygen atoms in total. The predicted molar refractivity (Wildman–Crippen MR) is 65.2 cm³/mol. The summed E-state index contributed by atoms with van der Waals surface area (Å²) in [5, 5.41) is 3.00. The van der Waals surface area contributed by atoms with E-state index in [9.17, 15) is 13.2 Å². The summed E-state index contributed by atoms with van der Waals surface area (Å²) in [6.45, 7) is 0. The highest BCUT2D eigenvalue weighted by molar-refractivity contribution is 5.38. The summed E-state index contributed by atoms with van der Waals surface area (Å²) < 4.78 is 39.0. The topological polar surface area (TPSA) is 12.0 Å². The van der Waals surface area contributed by atoms with E-state index in [1.165, 1.54) is 6.07 Å². The summed E-state index contributed by atoms with van der Waals surface area (Å²) in [7, 11) is 1.71. The minimum absolute atomic E-state index is 0.320. The first-order valence-corrected chi connectivity index (χ1v) is 6.06. The fraction of sp³-hybridized carbons (Fsp3) is 0.429. The lowest BCUT2D eigenvalue weighted by molar-refractivity contribution is -0.138. The Morgan fingerprint density at radius 3 is 2.50 bits per heavy atom. The summed E-state index contributed by atoms with van der Waals surface area (Å²) in [5.41, 5.74) is 0.840. The third-order valence-electron chi connectivity index (χ3n) is 3.31. The van der Waals surface area contributed by atoms with Gasteiger partial charge in [-0.1, -0.05) is 29.8 Å². The van der Waals surface area contributed by atoms with E-state index in [2.05, 4.69) is 5.32 Å². The van der Waals surface area contributed by atoms with Gasteiger partial charge in [-0.05, 0) is 37.9 Å². The highest BCUT2D eigenvalue weighted by Crippen LogP contribution is 2.38. The number of nitrogens with one attached hydrogen (secondary N) is 1.